The van der Waals surface area contributed by atoms with Crippen LogP contribution >= 0.6 is 0 Å². The third-order valence-corrected chi connectivity index (χ3v) is 5.28. The molecule has 0 aliphatic rings. The molecule has 3 rings (SSSR count). The number of benzene rings is 3. The zero-order valence-corrected chi connectivity index (χ0v) is 19.0. The Kier molecular flexibility index (Phi) is 8.75. The van der Waals surface area contributed by atoms with Gasteiger partial charge in [-0.05, 0) is 52.6 Å². The van der Waals surface area contributed by atoms with Crippen LogP contribution in [0.5, 0.6) is 0 Å². The van der Waals surface area contributed by atoms with Gasteiger partial charge in [0.25, 0.3) is 5.91 Å². The third kappa shape index (κ3) is 6.64. The lowest BCUT2D eigenvalue weighted by atomic mass is 9.97. The first-order valence-electron chi connectivity index (χ1n) is 10.9. The van der Waals surface area contributed by atoms with Gasteiger partial charge in [0.05, 0.1) is 25.7 Å². The van der Waals surface area contributed by atoms with Gasteiger partial charge in [-0.2, -0.15) is 0 Å². The van der Waals surface area contributed by atoms with Crippen molar-refractivity contribution in [1.82, 2.24) is 0 Å². The topological polar surface area (TPSA) is 134 Å². The van der Waals surface area contributed by atoms with Crippen LogP contribution in [-0.2, 0) is 16.0 Å². The Hall–Kier alpha value is -3.72. The zero-order chi connectivity index (χ0) is 24.5. The molecule has 0 aliphatic heterocycles. The van der Waals surface area contributed by atoms with Crippen molar-refractivity contribution in [3.8, 4) is 11.1 Å². The molecule has 0 radical (unpaired) electrons. The molecule has 6 N–H and O–H groups in total. The Morgan fingerprint density at radius 1 is 1.03 bits per heavy atom. The largest absolute Gasteiger partial charge is 0.481 e. The molecule has 0 saturated carbocycles. The minimum absolute atomic E-state index is 0.175. The highest BCUT2D eigenvalue weighted by atomic mass is 16.5. The molecule has 3 aromatic rings. The molecule has 0 aromatic heterocycles. The van der Waals surface area contributed by atoms with Gasteiger partial charge in [0.1, 0.15) is 0 Å². The number of nitrogens with one attached hydrogen (secondary N) is 2. The van der Waals surface area contributed by atoms with Gasteiger partial charge < -0.3 is 31.3 Å². The molecule has 0 spiro atoms. The maximum atomic E-state index is 13.2. The maximum absolute atomic E-state index is 13.2. The standard InChI is InChI=1S/C26H29N3O5/c1-34-10-9-28-22-13-20(17-6-4-7-18(11-17)23(27)16-30)12-21(14-22)26(33)29-24-8-3-2-5-19(24)15-25(31)32/h2-8,11-14,23,28,30H,9-10,15-16,27H2,1H3,(H,29,33)(H,31,32)/t23-/m1/s1. The summed E-state index contributed by atoms with van der Waals surface area (Å²) in [5.74, 6) is -1.34. The SMILES string of the molecule is COCCNc1cc(C(=O)Nc2ccccc2CC(=O)O)cc(-c2cccc([C@H](N)CO)c2)c1. The highest BCUT2D eigenvalue weighted by Gasteiger charge is 2.14. The maximum Gasteiger partial charge on any atom is 0.307 e. The summed E-state index contributed by atoms with van der Waals surface area (Å²) in [4.78, 5) is 24.4. The zero-order valence-electron chi connectivity index (χ0n) is 19.0. The molecule has 0 heterocycles. The van der Waals surface area contributed by atoms with Gasteiger partial charge >= 0.3 is 5.97 Å². The Morgan fingerprint density at radius 2 is 1.82 bits per heavy atom. The van der Waals surface area contributed by atoms with E-state index in [4.69, 9.17) is 15.6 Å². The van der Waals surface area contributed by atoms with Gasteiger partial charge in [0.2, 0.25) is 0 Å². The number of carboxylic acid groups (broad SMARTS) is 1. The van der Waals surface area contributed by atoms with E-state index in [9.17, 15) is 14.7 Å². The van der Waals surface area contributed by atoms with Crippen LogP contribution in [0.25, 0.3) is 11.1 Å². The van der Waals surface area contributed by atoms with Crippen LogP contribution in [0.1, 0.15) is 27.5 Å². The molecule has 3 aromatic carbocycles. The predicted molar refractivity (Wildman–Crippen MR) is 132 cm³/mol. The molecule has 1 atom stereocenters. The van der Waals surface area contributed by atoms with Crippen molar-refractivity contribution in [2.45, 2.75) is 12.5 Å². The van der Waals surface area contributed by atoms with E-state index in [2.05, 4.69) is 10.6 Å². The summed E-state index contributed by atoms with van der Waals surface area (Å²) in [7, 11) is 1.61. The van der Waals surface area contributed by atoms with Crippen LogP contribution in [0, 0.1) is 0 Å². The van der Waals surface area contributed by atoms with Crippen molar-refractivity contribution in [3.63, 3.8) is 0 Å². The number of amides is 1. The third-order valence-electron chi connectivity index (χ3n) is 5.28. The van der Waals surface area contributed by atoms with Gasteiger partial charge in [0.15, 0.2) is 0 Å². The molecular weight excluding hydrogens is 434 g/mol. The minimum Gasteiger partial charge on any atom is -0.481 e. The number of hydrogen-bond donors (Lipinski definition) is 5. The molecule has 8 heteroatoms. The number of hydrogen-bond acceptors (Lipinski definition) is 6. The second-order valence-corrected chi connectivity index (χ2v) is 7.81. The number of carbonyl (C=O) groups is 2. The number of aliphatic hydroxyl groups is 1. The van der Waals surface area contributed by atoms with E-state index in [1.165, 1.54) is 0 Å². The van der Waals surface area contributed by atoms with E-state index >= 15 is 0 Å². The number of carbonyl (C=O) groups excluding carboxylic acids is 1. The fourth-order valence-electron chi connectivity index (χ4n) is 3.53. The molecule has 0 saturated heterocycles. The van der Waals surface area contributed by atoms with E-state index in [1.54, 1.807) is 43.5 Å². The first-order valence-corrected chi connectivity index (χ1v) is 10.9. The first kappa shape index (κ1) is 24.9. The van der Waals surface area contributed by atoms with E-state index < -0.39 is 12.0 Å². The lowest BCUT2D eigenvalue weighted by Crippen LogP contribution is -2.15. The van der Waals surface area contributed by atoms with Gasteiger partial charge in [-0.3, -0.25) is 9.59 Å². The lowest BCUT2D eigenvalue weighted by molar-refractivity contribution is -0.136. The van der Waals surface area contributed by atoms with Crippen molar-refractivity contribution >= 4 is 23.3 Å². The number of carboxylic acids is 1. The molecule has 8 nitrogen and oxygen atoms in total. The molecule has 0 bridgehead atoms. The normalized spacial score (nSPS) is 11.6. The highest BCUT2D eigenvalue weighted by Crippen LogP contribution is 2.28. The summed E-state index contributed by atoms with van der Waals surface area (Å²) in [6.07, 6.45) is -0.196. The lowest BCUT2D eigenvalue weighted by Gasteiger charge is -2.15. The van der Waals surface area contributed by atoms with Gasteiger partial charge in [-0.15, -0.1) is 0 Å². The van der Waals surface area contributed by atoms with Crippen LogP contribution in [0.3, 0.4) is 0 Å². The smallest absolute Gasteiger partial charge is 0.307 e. The van der Waals surface area contributed by atoms with Crippen LogP contribution in [-0.4, -0.2) is 49.0 Å². The summed E-state index contributed by atoms with van der Waals surface area (Å²) in [6, 6.07) is 19.2. The molecule has 34 heavy (non-hydrogen) atoms. The number of anilines is 2. The fourth-order valence-corrected chi connectivity index (χ4v) is 3.53. The average molecular weight is 464 g/mol. The van der Waals surface area contributed by atoms with Crippen LogP contribution in [0.15, 0.2) is 66.7 Å². The molecule has 0 unspecified atom stereocenters. The van der Waals surface area contributed by atoms with E-state index in [0.29, 0.717) is 30.0 Å². The Morgan fingerprint density at radius 3 is 2.56 bits per heavy atom. The second-order valence-electron chi connectivity index (χ2n) is 7.81. The van der Waals surface area contributed by atoms with Crippen molar-refractivity contribution < 1.29 is 24.5 Å². The van der Waals surface area contributed by atoms with Gasteiger partial charge in [-0.1, -0.05) is 36.4 Å². The van der Waals surface area contributed by atoms with Crippen molar-refractivity contribution in [3.05, 3.63) is 83.4 Å². The van der Waals surface area contributed by atoms with Gasteiger partial charge in [-0.25, -0.2) is 0 Å². The summed E-state index contributed by atoms with van der Waals surface area (Å²) < 4.78 is 5.11. The van der Waals surface area contributed by atoms with Crippen LogP contribution < -0.4 is 16.4 Å². The fraction of sp³-hybridized carbons (Fsp3) is 0.231. The number of nitrogens with two attached hydrogens (primary N) is 1. The van der Waals surface area contributed by atoms with Crippen LogP contribution in [0.4, 0.5) is 11.4 Å². The number of ether oxygens (including phenoxy) is 1. The van der Waals surface area contributed by atoms with Crippen molar-refractivity contribution in [1.29, 1.82) is 0 Å². The number of rotatable bonds is 11. The second kappa shape index (κ2) is 11.9. The average Bonchev–Trinajstić information content (AvgIpc) is 2.84. The Balaban J connectivity index is 1.96. The highest BCUT2D eigenvalue weighted by molar-refractivity contribution is 6.06. The first-order chi connectivity index (χ1) is 16.4. The Labute approximate surface area is 198 Å². The van der Waals surface area contributed by atoms with Gasteiger partial charge in [0, 0.05) is 30.6 Å². The van der Waals surface area contributed by atoms with E-state index in [0.717, 1.165) is 22.4 Å². The number of aliphatic carboxylic acids is 1. The summed E-state index contributed by atoms with van der Waals surface area (Å²) in [6.45, 7) is 0.874. The quantitative estimate of drug-likeness (QED) is 0.276. The number of aliphatic hydroxyl groups excluding tert-OH is 1. The minimum atomic E-state index is -0.978. The van der Waals surface area contributed by atoms with Crippen LogP contribution in [0.2, 0.25) is 0 Å². The molecule has 178 valence electrons. The van der Waals surface area contributed by atoms with E-state index in [-0.39, 0.29) is 18.9 Å². The molecule has 0 fully saturated rings. The van der Waals surface area contributed by atoms with Crippen molar-refractivity contribution in [2.24, 2.45) is 5.73 Å². The molecule has 0 aliphatic carbocycles. The summed E-state index contributed by atoms with van der Waals surface area (Å²) in [5.41, 5.74) is 10.5. The number of para-hydroxylation sites is 1. The molecular formula is C26H29N3O5. The molecule has 1 amide bonds. The summed E-state index contributed by atoms with van der Waals surface area (Å²) >= 11 is 0. The number of methoxy groups -OCH3 is 1. The summed E-state index contributed by atoms with van der Waals surface area (Å²) in [5, 5.41) is 24.7. The monoisotopic (exact) mass is 463 g/mol. The van der Waals surface area contributed by atoms with Crippen molar-refractivity contribution in [2.75, 3.05) is 37.5 Å². The predicted octanol–water partition coefficient (Wildman–Crippen LogP) is 3.28. The van der Waals surface area contributed by atoms with E-state index in [1.807, 2.05) is 30.3 Å². The Bertz CT molecular complexity index is 1150.